The number of aromatic nitrogens is 3. The number of methoxy groups -OCH3 is 2. The monoisotopic (exact) mass is 498 g/mol. The predicted octanol–water partition coefficient (Wildman–Crippen LogP) is 4.81. The van der Waals surface area contributed by atoms with Crippen molar-refractivity contribution in [2.45, 2.75) is 18.6 Å². The molecule has 0 aliphatic rings. The molecule has 0 fully saturated rings. The molecule has 4 rings (SSSR count). The van der Waals surface area contributed by atoms with Crippen LogP contribution in [0.3, 0.4) is 0 Å². The number of carbonyl (C=O) groups excluding carboxylic acids is 2. The number of rotatable bonds is 9. The van der Waals surface area contributed by atoms with Gasteiger partial charge in [0.25, 0.3) is 0 Å². The molecule has 0 bridgehead atoms. The Kier molecular flexibility index (Phi) is 7.33. The van der Waals surface area contributed by atoms with Gasteiger partial charge in [-0.3, -0.25) is 9.36 Å². The zero-order valence-electron chi connectivity index (χ0n) is 18.7. The molecule has 0 radical (unpaired) electrons. The third-order valence-corrected chi connectivity index (χ3v) is 6.80. The van der Waals surface area contributed by atoms with Crippen molar-refractivity contribution < 1.29 is 23.5 Å². The summed E-state index contributed by atoms with van der Waals surface area (Å²) in [7, 11) is 2.90. The molecule has 0 saturated heterocycles. The summed E-state index contributed by atoms with van der Waals surface area (Å²) in [5.74, 6) is 1.21. The first kappa shape index (κ1) is 23.6. The maximum Gasteiger partial charge on any atom is 0.341 e. The Hall–Kier alpha value is -3.57. The Balaban J connectivity index is 1.50. The number of furan rings is 1. The molecule has 0 saturated carbocycles. The van der Waals surface area contributed by atoms with Crippen LogP contribution in [-0.4, -0.2) is 46.6 Å². The van der Waals surface area contributed by atoms with E-state index in [-0.39, 0.29) is 11.7 Å². The van der Waals surface area contributed by atoms with E-state index in [4.69, 9.17) is 13.9 Å². The number of carbonyl (C=O) groups is 2. The van der Waals surface area contributed by atoms with E-state index >= 15 is 0 Å². The molecule has 0 aliphatic heterocycles. The Labute approximate surface area is 204 Å². The number of nitrogens with zero attached hydrogens (tertiary/aromatic N) is 3. The van der Waals surface area contributed by atoms with Crippen LogP contribution in [0.4, 0.5) is 5.00 Å². The van der Waals surface area contributed by atoms with Crippen LogP contribution in [0.5, 0.6) is 5.75 Å². The molecule has 1 amide bonds. The number of thioether (sulfide) groups is 1. The van der Waals surface area contributed by atoms with Gasteiger partial charge in [-0.2, -0.15) is 0 Å². The second-order valence-electron chi connectivity index (χ2n) is 6.94. The van der Waals surface area contributed by atoms with Gasteiger partial charge in [0.05, 0.1) is 26.2 Å². The second kappa shape index (κ2) is 10.6. The van der Waals surface area contributed by atoms with Crippen molar-refractivity contribution in [3.05, 3.63) is 53.6 Å². The summed E-state index contributed by atoms with van der Waals surface area (Å²) in [5.41, 5.74) is 1.80. The summed E-state index contributed by atoms with van der Waals surface area (Å²) in [6.07, 6.45) is 1.57. The standard InChI is InChI=1S/C23H22N4O5S2/c1-4-27-20(17-6-5-11-32-17)25-26-23(27)34-13-18(28)24-21-19(22(29)31-3)16(12-33-21)14-7-9-15(30-2)10-8-14/h5-12H,4,13H2,1-3H3,(H,24,28). The molecule has 34 heavy (non-hydrogen) atoms. The zero-order valence-corrected chi connectivity index (χ0v) is 20.4. The summed E-state index contributed by atoms with van der Waals surface area (Å²) < 4.78 is 17.5. The molecule has 0 aliphatic carbocycles. The average molecular weight is 499 g/mol. The highest BCUT2D eigenvalue weighted by Crippen LogP contribution is 2.37. The van der Waals surface area contributed by atoms with Crippen LogP contribution in [0, 0.1) is 0 Å². The van der Waals surface area contributed by atoms with Gasteiger partial charge < -0.3 is 19.2 Å². The molecule has 4 aromatic rings. The number of thiophene rings is 1. The van der Waals surface area contributed by atoms with E-state index < -0.39 is 5.97 Å². The summed E-state index contributed by atoms with van der Waals surface area (Å²) >= 11 is 2.52. The van der Waals surface area contributed by atoms with Crippen molar-refractivity contribution in [3.63, 3.8) is 0 Å². The quantitative estimate of drug-likeness (QED) is 0.259. The lowest BCUT2D eigenvalue weighted by molar-refractivity contribution is -0.113. The number of nitrogens with one attached hydrogen (secondary N) is 1. The van der Waals surface area contributed by atoms with Crippen molar-refractivity contribution in [1.29, 1.82) is 0 Å². The van der Waals surface area contributed by atoms with Gasteiger partial charge in [-0.25, -0.2) is 4.79 Å². The van der Waals surface area contributed by atoms with Crippen LogP contribution in [-0.2, 0) is 16.1 Å². The molecule has 0 unspecified atom stereocenters. The number of hydrogen-bond donors (Lipinski definition) is 1. The van der Waals surface area contributed by atoms with E-state index in [0.29, 0.717) is 45.2 Å². The molecule has 3 aromatic heterocycles. The van der Waals surface area contributed by atoms with Crippen molar-refractivity contribution in [1.82, 2.24) is 14.8 Å². The Bertz CT molecular complexity index is 1280. The van der Waals surface area contributed by atoms with Crippen LogP contribution in [0.1, 0.15) is 17.3 Å². The fourth-order valence-electron chi connectivity index (χ4n) is 3.30. The fraction of sp³-hybridized carbons (Fsp3) is 0.217. The largest absolute Gasteiger partial charge is 0.497 e. The van der Waals surface area contributed by atoms with E-state index in [1.807, 2.05) is 47.2 Å². The van der Waals surface area contributed by atoms with Gasteiger partial charge in [-0.15, -0.1) is 21.5 Å². The van der Waals surface area contributed by atoms with E-state index in [9.17, 15) is 9.59 Å². The SMILES string of the molecule is CCn1c(SCC(=O)Nc2scc(-c3ccc(OC)cc3)c2C(=O)OC)nnc1-c1ccco1. The van der Waals surface area contributed by atoms with Gasteiger partial charge in [-0.05, 0) is 36.8 Å². The minimum atomic E-state index is -0.524. The Morgan fingerprint density at radius 2 is 1.97 bits per heavy atom. The molecule has 1 aromatic carbocycles. The Morgan fingerprint density at radius 3 is 2.62 bits per heavy atom. The van der Waals surface area contributed by atoms with Gasteiger partial charge in [0.15, 0.2) is 16.7 Å². The lowest BCUT2D eigenvalue weighted by Crippen LogP contribution is -2.16. The molecule has 0 spiro atoms. The molecule has 176 valence electrons. The number of ether oxygens (including phenoxy) is 2. The molecule has 1 N–H and O–H groups in total. The number of amides is 1. The maximum atomic E-state index is 12.7. The van der Waals surface area contributed by atoms with Crippen LogP contribution >= 0.6 is 23.1 Å². The maximum absolute atomic E-state index is 12.7. The minimum Gasteiger partial charge on any atom is -0.497 e. The second-order valence-corrected chi connectivity index (χ2v) is 8.76. The first-order valence-electron chi connectivity index (χ1n) is 10.3. The van der Waals surface area contributed by atoms with Crippen molar-refractivity contribution in [3.8, 4) is 28.5 Å². The molecule has 3 heterocycles. The molecular formula is C23H22N4O5S2. The third kappa shape index (κ3) is 4.85. The van der Waals surface area contributed by atoms with Gasteiger partial charge in [0, 0.05) is 17.5 Å². The summed E-state index contributed by atoms with van der Waals surface area (Å²) in [6.45, 7) is 2.59. The molecular weight excluding hydrogens is 476 g/mol. The van der Waals surface area contributed by atoms with Gasteiger partial charge >= 0.3 is 5.97 Å². The minimum absolute atomic E-state index is 0.0900. The van der Waals surface area contributed by atoms with Crippen molar-refractivity contribution in [2.24, 2.45) is 0 Å². The number of hydrogen-bond acceptors (Lipinski definition) is 9. The van der Waals surface area contributed by atoms with Gasteiger partial charge in [0.1, 0.15) is 16.3 Å². The average Bonchev–Trinajstić information content (AvgIpc) is 3.61. The van der Waals surface area contributed by atoms with Crippen molar-refractivity contribution in [2.75, 3.05) is 25.3 Å². The van der Waals surface area contributed by atoms with E-state index in [0.717, 1.165) is 5.56 Å². The normalized spacial score (nSPS) is 10.8. The van der Waals surface area contributed by atoms with Crippen LogP contribution in [0.15, 0.2) is 57.6 Å². The number of benzene rings is 1. The molecule has 0 atom stereocenters. The predicted molar refractivity (Wildman–Crippen MR) is 130 cm³/mol. The summed E-state index contributed by atoms with van der Waals surface area (Å²) in [5, 5.41) is 14.1. The van der Waals surface area contributed by atoms with Gasteiger partial charge in [0.2, 0.25) is 5.91 Å². The van der Waals surface area contributed by atoms with Gasteiger partial charge in [-0.1, -0.05) is 23.9 Å². The fourth-order valence-corrected chi connectivity index (χ4v) is 5.07. The number of esters is 1. The van der Waals surface area contributed by atoms with Crippen LogP contribution < -0.4 is 10.1 Å². The molecule has 9 nitrogen and oxygen atoms in total. The first-order valence-corrected chi connectivity index (χ1v) is 12.2. The highest BCUT2D eigenvalue weighted by atomic mass is 32.2. The first-order chi connectivity index (χ1) is 16.5. The lowest BCUT2D eigenvalue weighted by Gasteiger charge is -2.09. The zero-order chi connectivity index (χ0) is 24.1. The third-order valence-electron chi connectivity index (χ3n) is 4.94. The lowest BCUT2D eigenvalue weighted by atomic mass is 10.0. The highest BCUT2D eigenvalue weighted by molar-refractivity contribution is 7.99. The Morgan fingerprint density at radius 1 is 1.18 bits per heavy atom. The van der Waals surface area contributed by atoms with E-state index in [2.05, 4.69) is 15.5 Å². The number of anilines is 1. The van der Waals surface area contributed by atoms with E-state index in [1.165, 1.54) is 30.2 Å². The van der Waals surface area contributed by atoms with Crippen LogP contribution in [0.25, 0.3) is 22.7 Å². The smallest absolute Gasteiger partial charge is 0.341 e. The summed E-state index contributed by atoms with van der Waals surface area (Å²) in [4.78, 5) is 25.3. The van der Waals surface area contributed by atoms with Crippen molar-refractivity contribution >= 4 is 40.0 Å². The van der Waals surface area contributed by atoms with E-state index in [1.54, 1.807) is 19.4 Å². The van der Waals surface area contributed by atoms with Crippen LogP contribution in [0.2, 0.25) is 0 Å². The topological polar surface area (TPSA) is 108 Å². The summed E-state index contributed by atoms with van der Waals surface area (Å²) in [6, 6.07) is 10.9. The highest BCUT2D eigenvalue weighted by Gasteiger charge is 2.23. The molecule has 11 heteroatoms.